The number of carbonyl (C=O) groups excluding carboxylic acids is 3. The van der Waals surface area contributed by atoms with Crippen LogP contribution in [-0.2, 0) is 23.8 Å². The van der Waals surface area contributed by atoms with Gasteiger partial charge < -0.3 is 19.1 Å². The summed E-state index contributed by atoms with van der Waals surface area (Å²) in [6, 6.07) is 0. The van der Waals surface area contributed by atoms with Gasteiger partial charge in [0.2, 0.25) is 0 Å². The minimum Gasteiger partial charge on any atom is -0.466 e. The summed E-state index contributed by atoms with van der Waals surface area (Å²) in [5.74, 6) is -0.0465. The topological polar surface area (TPSA) is 85.4 Å². The molecule has 8 heteroatoms. The summed E-state index contributed by atoms with van der Waals surface area (Å²) >= 11 is 0. The van der Waals surface area contributed by atoms with Crippen LogP contribution in [0.3, 0.4) is 0 Å². The van der Waals surface area contributed by atoms with Crippen molar-refractivity contribution < 1.29 is 28.6 Å². The summed E-state index contributed by atoms with van der Waals surface area (Å²) in [6.45, 7) is 10.4. The van der Waals surface area contributed by atoms with Gasteiger partial charge in [0.1, 0.15) is 12.7 Å². The van der Waals surface area contributed by atoms with Gasteiger partial charge in [-0.1, -0.05) is 162 Å². The number of ether oxygens (including phenoxy) is 3. The van der Waals surface area contributed by atoms with E-state index in [-0.39, 0.29) is 24.1 Å². The molecule has 0 N–H and O–H groups in total. The summed E-state index contributed by atoms with van der Waals surface area (Å²) in [6.07, 6.45) is 37.4. The zero-order valence-corrected chi connectivity index (χ0v) is 37.3. The fourth-order valence-electron chi connectivity index (χ4n) is 7.13. The van der Waals surface area contributed by atoms with Crippen LogP contribution < -0.4 is 0 Å². The molecule has 0 heterocycles. The van der Waals surface area contributed by atoms with Crippen LogP contribution in [0.4, 0.5) is 4.79 Å². The average molecular weight is 781 g/mol. The molecule has 0 aromatic heterocycles. The maximum Gasteiger partial charge on any atom is 0.409 e. The van der Waals surface area contributed by atoms with Crippen molar-refractivity contribution >= 4 is 18.0 Å². The number of carbonyl (C=O) groups is 3. The van der Waals surface area contributed by atoms with Crippen LogP contribution in [0, 0.1) is 0 Å². The number of nitrogens with zero attached hydrogens (tertiary/aromatic N) is 2. The first kappa shape index (κ1) is 53.2. The predicted octanol–water partition coefficient (Wildman–Crippen LogP) is 13.4. The van der Waals surface area contributed by atoms with E-state index in [2.05, 4.69) is 25.7 Å². The van der Waals surface area contributed by atoms with Crippen molar-refractivity contribution in [1.29, 1.82) is 0 Å². The van der Waals surface area contributed by atoms with E-state index in [1.54, 1.807) is 14.1 Å². The maximum absolute atomic E-state index is 12.8. The number of rotatable bonds is 42. The van der Waals surface area contributed by atoms with E-state index < -0.39 is 0 Å². The molecule has 0 spiro atoms. The second-order valence-corrected chi connectivity index (χ2v) is 16.5. The van der Waals surface area contributed by atoms with Gasteiger partial charge in [0.15, 0.2) is 0 Å². The van der Waals surface area contributed by atoms with Crippen molar-refractivity contribution in [2.45, 2.75) is 239 Å². The number of hydrogen-bond donors (Lipinski definition) is 0. The molecular weight excluding hydrogens is 689 g/mol. The van der Waals surface area contributed by atoms with E-state index in [9.17, 15) is 14.4 Å². The van der Waals surface area contributed by atoms with E-state index >= 15 is 0 Å². The minimum absolute atomic E-state index is 0.000789. The normalized spacial score (nSPS) is 11.4. The molecule has 0 aliphatic heterocycles. The first-order chi connectivity index (χ1) is 26.8. The fraction of sp³-hybridized carbons (Fsp3) is 0.936. The summed E-state index contributed by atoms with van der Waals surface area (Å²) in [5.41, 5.74) is 0. The zero-order valence-electron chi connectivity index (χ0n) is 37.3. The van der Waals surface area contributed by atoms with Gasteiger partial charge in [-0.25, -0.2) is 4.79 Å². The van der Waals surface area contributed by atoms with Crippen LogP contribution >= 0.6 is 0 Å². The number of esters is 2. The summed E-state index contributed by atoms with van der Waals surface area (Å²) < 4.78 is 16.9. The van der Waals surface area contributed by atoms with Crippen molar-refractivity contribution in [3.8, 4) is 0 Å². The lowest BCUT2D eigenvalue weighted by Crippen LogP contribution is -2.32. The molecule has 55 heavy (non-hydrogen) atoms. The molecule has 0 saturated carbocycles. The Hall–Kier alpha value is -1.83. The molecular formula is C47H92N2O6. The monoisotopic (exact) mass is 781 g/mol. The van der Waals surface area contributed by atoms with E-state index in [0.717, 1.165) is 110 Å². The van der Waals surface area contributed by atoms with Crippen molar-refractivity contribution in [3.05, 3.63) is 0 Å². The maximum atomic E-state index is 12.8. The molecule has 8 nitrogen and oxygen atoms in total. The molecule has 0 radical (unpaired) electrons. The van der Waals surface area contributed by atoms with E-state index in [0.29, 0.717) is 26.1 Å². The molecule has 0 fully saturated rings. The molecule has 0 aromatic rings. The van der Waals surface area contributed by atoms with Gasteiger partial charge in [0, 0.05) is 33.5 Å². The van der Waals surface area contributed by atoms with Gasteiger partial charge in [-0.15, -0.1) is 0 Å². The van der Waals surface area contributed by atoms with E-state index in [4.69, 9.17) is 14.2 Å². The first-order valence-corrected chi connectivity index (χ1v) is 23.7. The van der Waals surface area contributed by atoms with E-state index in [1.165, 1.54) is 114 Å². The van der Waals surface area contributed by atoms with Gasteiger partial charge in [-0.05, 0) is 70.9 Å². The Morgan fingerprint density at radius 3 is 1.29 bits per heavy atom. The molecule has 0 bridgehead atoms. The summed E-state index contributed by atoms with van der Waals surface area (Å²) in [7, 11) is 3.42. The predicted molar refractivity (Wildman–Crippen MR) is 232 cm³/mol. The van der Waals surface area contributed by atoms with Gasteiger partial charge in [-0.2, -0.15) is 0 Å². The summed E-state index contributed by atoms with van der Waals surface area (Å²) in [5, 5.41) is 0. The largest absolute Gasteiger partial charge is 0.466 e. The van der Waals surface area contributed by atoms with Crippen molar-refractivity contribution in [2.75, 3.05) is 46.9 Å². The first-order valence-electron chi connectivity index (χ1n) is 23.7. The smallest absolute Gasteiger partial charge is 0.409 e. The Labute approximate surface area is 341 Å². The van der Waals surface area contributed by atoms with Crippen LogP contribution in [0.25, 0.3) is 0 Å². The third-order valence-electron chi connectivity index (χ3n) is 10.8. The average Bonchev–Trinajstić information content (AvgIpc) is 3.17. The van der Waals surface area contributed by atoms with Crippen molar-refractivity contribution in [2.24, 2.45) is 0 Å². The molecule has 0 aromatic carbocycles. The molecule has 0 unspecified atom stereocenters. The lowest BCUT2D eigenvalue weighted by atomic mass is 10.0. The lowest BCUT2D eigenvalue weighted by molar-refractivity contribution is -0.150. The van der Waals surface area contributed by atoms with Gasteiger partial charge in [-0.3, -0.25) is 14.5 Å². The molecule has 0 saturated heterocycles. The molecule has 1 amide bonds. The zero-order chi connectivity index (χ0) is 40.5. The highest BCUT2D eigenvalue weighted by atomic mass is 16.6. The molecule has 0 atom stereocenters. The minimum atomic E-state index is -0.296. The SMILES string of the molecule is CCCCCCCCCOC(=O)CCCCCCCN(CCCCCCCC(=O)OC(CCCCCCCC)CCCCCCCC)CCOC(=O)N(C)C. The Morgan fingerprint density at radius 1 is 0.418 bits per heavy atom. The molecule has 326 valence electrons. The van der Waals surface area contributed by atoms with Crippen LogP contribution in [0.2, 0.25) is 0 Å². The Morgan fingerprint density at radius 2 is 0.818 bits per heavy atom. The molecule has 0 rings (SSSR count). The van der Waals surface area contributed by atoms with Crippen molar-refractivity contribution in [1.82, 2.24) is 9.80 Å². The number of amides is 1. The van der Waals surface area contributed by atoms with Gasteiger partial charge in [0.25, 0.3) is 0 Å². The van der Waals surface area contributed by atoms with Crippen LogP contribution in [0.15, 0.2) is 0 Å². The lowest BCUT2D eigenvalue weighted by Gasteiger charge is -2.22. The molecule has 0 aliphatic rings. The van der Waals surface area contributed by atoms with Crippen molar-refractivity contribution in [3.63, 3.8) is 0 Å². The highest BCUT2D eigenvalue weighted by molar-refractivity contribution is 5.69. The van der Waals surface area contributed by atoms with Crippen LogP contribution in [-0.4, -0.2) is 80.9 Å². The fourth-order valence-corrected chi connectivity index (χ4v) is 7.13. The van der Waals surface area contributed by atoms with Gasteiger partial charge >= 0.3 is 18.0 Å². The summed E-state index contributed by atoms with van der Waals surface area (Å²) in [4.78, 5) is 40.7. The standard InChI is InChI=1S/C47H92N2O6/c1-6-9-12-15-18-27-34-42-53-45(50)37-30-23-19-25-32-39-49(41-43-54-47(52)48(4)5)40-33-26-20-24-31-38-46(51)55-44(35-28-21-16-13-10-7-2)36-29-22-17-14-11-8-3/h44H,6-43H2,1-5H3. The highest BCUT2D eigenvalue weighted by Gasteiger charge is 2.15. The third kappa shape index (κ3) is 38.8. The van der Waals surface area contributed by atoms with Gasteiger partial charge in [0.05, 0.1) is 6.61 Å². The molecule has 0 aliphatic carbocycles. The third-order valence-corrected chi connectivity index (χ3v) is 10.8. The second kappa shape index (κ2) is 41.8. The second-order valence-electron chi connectivity index (χ2n) is 16.5. The quantitative estimate of drug-likeness (QED) is 0.0346. The number of hydrogen-bond acceptors (Lipinski definition) is 7. The Balaban J connectivity index is 4.31. The number of unbranched alkanes of at least 4 members (excludes halogenated alkanes) is 24. The highest BCUT2D eigenvalue weighted by Crippen LogP contribution is 2.18. The Bertz CT molecular complexity index is 837. The Kier molecular flexibility index (Phi) is 40.4. The van der Waals surface area contributed by atoms with Crippen LogP contribution in [0.1, 0.15) is 233 Å². The van der Waals surface area contributed by atoms with Crippen LogP contribution in [0.5, 0.6) is 0 Å². The van der Waals surface area contributed by atoms with E-state index in [1.807, 2.05) is 0 Å².